The smallest absolute Gasteiger partial charge is 0.272 e. The number of carbonyl (C=O) groups is 1. The largest absolute Gasteiger partial charge is 0.344 e. The molecule has 1 amide bonds. The second-order valence-corrected chi connectivity index (χ2v) is 7.16. The first-order valence-electron chi connectivity index (χ1n) is 8.30. The van der Waals surface area contributed by atoms with Gasteiger partial charge < -0.3 is 5.32 Å². The fraction of sp³-hybridized carbons (Fsp3) is 0.412. The van der Waals surface area contributed by atoms with Crippen LogP contribution in [-0.2, 0) is 13.7 Å². The number of halogens is 1. The molecule has 3 heterocycles. The third-order valence-corrected chi connectivity index (χ3v) is 5.68. The molecule has 3 aromatic heterocycles. The molecule has 0 aliphatic carbocycles. The summed E-state index contributed by atoms with van der Waals surface area (Å²) in [6.45, 7) is 8.29. The molecule has 1 unspecified atom stereocenters. The number of amides is 1. The van der Waals surface area contributed by atoms with Crippen LogP contribution in [0.5, 0.6) is 0 Å². The molecule has 138 valence electrons. The van der Waals surface area contributed by atoms with Gasteiger partial charge in [0.05, 0.1) is 28.1 Å². The van der Waals surface area contributed by atoms with Crippen LogP contribution in [0.4, 0.5) is 0 Å². The molecule has 1 atom stereocenters. The zero-order valence-corrected chi connectivity index (χ0v) is 17.1. The molecule has 0 saturated heterocycles. The summed E-state index contributed by atoms with van der Waals surface area (Å²) in [6.07, 6.45) is 3.55. The number of rotatable bonds is 5. The van der Waals surface area contributed by atoms with E-state index in [-0.39, 0.29) is 11.9 Å². The van der Waals surface area contributed by atoms with E-state index in [4.69, 9.17) is 0 Å². The Morgan fingerprint density at radius 1 is 1.27 bits per heavy atom. The van der Waals surface area contributed by atoms with Crippen LogP contribution in [0, 0.1) is 20.8 Å². The molecule has 8 nitrogen and oxygen atoms in total. The molecular weight excluding hydrogens is 398 g/mol. The standard InChI is InChI=1S/C17H22BrN7O/c1-10(14-8-19-23(5)12(14)3)20-17(26)15-6-7-24(22-15)9-25-13(4)16(18)11(2)21-25/h6-8,10H,9H2,1-5H3,(H,20,26). The SMILES string of the molecule is Cc1nn(Cn2ccc(C(=O)NC(C)c3cnn(C)c3C)n2)c(C)c1Br. The lowest BCUT2D eigenvalue weighted by Crippen LogP contribution is -2.27. The number of nitrogens with one attached hydrogen (secondary N) is 1. The van der Waals surface area contributed by atoms with E-state index in [1.165, 1.54) is 0 Å². The van der Waals surface area contributed by atoms with Crippen molar-refractivity contribution in [2.45, 2.75) is 40.4 Å². The molecule has 0 aliphatic rings. The molecule has 0 bridgehead atoms. The Morgan fingerprint density at radius 2 is 2.00 bits per heavy atom. The molecule has 3 aromatic rings. The average Bonchev–Trinajstić information content (AvgIpc) is 3.25. The van der Waals surface area contributed by atoms with E-state index in [9.17, 15) is 4.79 Å². The second kappa shape index (κ2) is 7.06. The van der Waals surface area contributed by atoms with Crippen LogP contribution >= 0.6 is 15.9 Å². The molecule has 0 aliphatic heterocycles. The van der Waals surface area contributed by atoms with Crippen molar-refractivity contribution in [3.63, 3.8) is 0 Å². The predicted molar refractivity (Wildman–Crippen MR) is 101 cm³/mol. The minimum Gasteiger partial charge on any atom is -0.344 e. The molecule has 0 radical (unpaired) electrons. The lowest BCUT2D eigenvalue weighted by molar-refractivity contribution is 0.0933. The third-order valence-electron chi connectivity index (χ3n) is 4.53. The monoisotopic (exact) mass is 419 g/mol. The number of hydrogen-bond acceptors (Lipinski definition) is 4. The summed E-state index contributed by atoms with van der Waals surface area (Å²) in [6, 6.07) is 1.56. The van der Waals surface area contributed by atoms with Crippen LogP contribution < -0.4 is 5.32 Å². The molecule has 0 saturated carbocycles. The molecule has 9 heteroatoms. The van der Waals surface area contributed by atoms with Crippen LogP contribution in [-0.4, -0.2) is 35.2 Å². The molecule has 0 fully saturated rings. The highest BCUT2D eigenvalue weighted by molar-refractivity contribution is 9.10. The minimum atomic E-state index is -0.214. The Labute approximate surface area is 160 Å². The fourth-order valence-corrected chi connectivity index (χ4v) is 3.08. The highest BCUT2D eigenvalue weighted by Gasteiger charge is 2.17. The number of aryl methyl sites for hydroxylation is 2. The van der Waals surface area contributed by atoms with Gasteiger partial charge in [-0.25, -0.2) is 4.68 Å². The lowest BCUT2D eigenvalue weighted by Gasteiger charge is -2.12. The van der Waals surface area contributed by atoms with Crippen LogP contribution in [0.2, 0.25) is 0 Å². The maximum atomic E-state index is 12.5. The topological polar surface area (TPSA) is 82.6 Å². The quantitative estimate of drug-likeness (QED) is 0.688. The number of aromatic nitrogens is 6. The zero-order valence-electron chi connectivity index (χ0n) is 15.5. The lowest BCUT2D eigenvalue weighted by atomic mass is 10.1. The summed E-state index contributed by atoms with van der Waals surface area (Å²) >= 11 is 3.51. The molecular formula is C17H22BrN7O. The maximum absolute atomic E-state index is 12.5. The summed E-state index contributed by atoms with van der Waals surface area (Å²) in [4.78, 5) is 12.5. The van der Waals surface area contributed by atoms with E-state index in [0.717, 1.165) is 27.1 Å². The highest BCUT2D eigenvalue weighted by atomic mass is 79.9. The van der Waals surface area contributed by atoms with Gasteiger partial charge in [-0.3, -0.25) is 14.2 Å². The van der Waals surface area contributed by atoms with Crippen molar-refractivity contribution in [1.29, 1.82) is 0 Å². The summed E-state index contributed by atoms with van der Waals surface area (Å²) < 4.78 is 6.32. The van der Waals surface area contributed by atoms with Crippen LogP contribution in [0.3, 0.4) is 0 Å². The molecule has 1 N–H and O–H groups in total. The van der Waals surface area contributed by atoms with E-state index >= 15 is 0 Å². The summed E-state index contributed by atoms with van der Waals surface area (Å²) in [7, 11) is 1.88. The first kappa shape index (κ1) is 18.4. The van der Waals surface area contributed by atoms with Gasteiger partial charge in [0.1, 0.15) is 12.4 Å². The normalized spacial score (nSPS) is 12.4. The van der Waals surface area contributed by atoms with Crippen molar-refractivity contribution < 1.29 is 4.79 Å². The van der Waals surface area contributed by atoms with Gasteiger partial charge in [-0.1, -0.05) is 0 Å². The molecule has 0 spiro atoms. The molecule has 3 rings (SSSR count). The predicted octanol–water partition coefficient (Wildman–Crippen LogP) is 2.50. The van der Waals surface area contributed by atoms with Gasteiger partial charge in [-0.2, -0.15) is 15.3 Å². The number of carbonyl (C=O) groups excluding carboxylic acids is 1. The first-order chi connectivity index (χ1) is 12.3. The minimum absolute atomic E-state index is 0.145. The Balaban J connectivity index is 1.70. The van der Waals surface area contributed by atoms with Gasteiger partial charge in [0.15, 0.2) is 0 Å². The highest BCUT2D eigenvalue weighted by Crippen LogP contribution is 2.20. The number of nitrogens with zero attached hydrogens (tertiary/aromatic N) is 6. The second-order valence-electron chi connectivity index (χ2n) is 6.37. The Bertz CT molecular complexity index is 953. The van der Waals surface area contributed by atoms with E-state index in [1.54, 1.807) is 27.8 Å². The van der Waals surface area contributed by atoms with Crippen molar-refractivity contribution in [2.75, 3.05) is 0 Å². The summed E-state index contributed by atoms with van der Waals surface area (Å²) in [5, 5.41) is 16.0. The van der Waals surface area contributed by atoms with Gasteiger partial charge in [0.2, 0.25) is 0 Å². The Morgan fingerprint density at radius 3 is 2.58 bits per heavy atom. The van der Waals surface area contributed by atoms with Crippen LogP contribution in [0.25, 0.3) is 0 Å². The zero-order chi connectivity index (χ0) is 19.0. The van der Waals surface area contributed by atoms with Crippen LogP contribution in [0.15, 0.2) is 22.9 Å². The van der Waals surface area contributed by atoms with Crippen LogP contribution in [0.1, 0.15) is 46.1 Å². The Hall–Kier alpha value is -2.42. The van der Waals surface area contributed by atoms with Crippen molar-refractivity contribution in [3.8, 4) is 0 Å². The maximum Gasteiger partial charge on any atom is 0.272 e. The van der Waals surface area contributed by atoms with Crippen molar-refractivity contribution in [2.24, 2.45) is 7.05 Å². The van der Waals surface area contributed by atoms with E-state index in [2.05, 4.69) is 36.5 Å². The third kappa shape index (κ3) is 3.44. The average molecular weight is 420 g/mol. The fourth-order valence-electron chi connectivity index (χ4n) is 2.80. The van der Waals surface area contributed by atoms with Gasteiger partial charge >= 0.3 is 0 Å². The molecule has 26 heavy (non-hydrogen) atoms. The summed E-state index contributed by atoms with van der Waals surface area (Å²) in [5.41, 5.74) is 4.34. The van der Waals surface area contributed by atoms with Gasteiger partial charge in [-0.05, 0) is 49.7 Å². The van der Waals surface area contributed by atoms with Crippen molar-refractivity contribution in [3.05, 3.63) is 51.3 Å². The first-order valence-corrected chi connectivity index (χ1v) is 9.09. The Kier molecular flexibility index (Phi) is 4.99. The van der Waals surface area contributed by atoms with Crippen molar-refractivity contribution in [1.82, 2.24) is 34.7 Å². The van der Waals surface area contributed by atoms with E-state index < -0.39 is 0 Å². The van der Waals surface area contributed by atoms with E-state index in [0.29, 0.717) is 12.4 Å². The van der Waals surface area contributed by atoms with E-state index in [1.807, 2.05) is 39.4 Å². The van der Waals surface area contributed by atoms with Gasteiger partial charge in [0.25, 0.3) is 5.91 Å². The summed E-state index contributed by atoms with van der Waals surface area (Å²) in [5.74, 6) is -0.214. The van der Waals surface area contributed by atoms with Gasteiger partial charge in [0, 0.05) is 24.5 Å². The molecule has 0 aromatic carbocycles. The number of hydrogen-bond donors (Lipinski definition) is 1. The van der Waals surface area contributed by atoms with Gasteiger partial charge in [-0.15, -0.1) is 0 Å². The van der Waals surface area contributed by atoms with Crippen molar-refractivity contribution >= 4 is 21.8 Å².